The molecule has 1 saturated carbocycles. The number of fused-ring (bicyclic) bond motifs is 2. The molecule has 40 heavy (non-hydrogen) atoms. The molecule has 0 aromatic heterocycles. The number of Topliss-reactive ketones (excluding diaryl/α,β-unsaturated/α-hetero) is 1. The fourth-order valence-corrected chi connectivity index (χ4v) is 7.66. The number of rotatable bonds is 3. The van der Waals surface area contributed by atoms with Crippen molar-refractivity contribution in [1.29, 1.82) is 0 Å². The molecular formula is C32H41ClN2O4S. The van der Waals surface area contributed by atoms with E-state index in [-0.39, 0.29) is 34.8 Å². The Hall–Kier alpha value is -2.38. The average molecular weight is 585 g/mol. The number of aryl methyl sites for hydroxylation is 1. The molecule has 0 radical (unpaired) electrons. The molecule has 5 rings (SSSR count). The largest absolute Gasteiger partial charge is 0.491 e. The highest BCUT2D eigenvalue weighted by Gasteiger charge is 2.39. The normalized spacial score (nSPS) is 29.4. The number of benzene rings is 2. The molecule has 1 fully saturated rings. The zero-order chi connectivity index (χ0) is 28.4. The summed E-state index contributed by atoms with van der Waals surface area (Å²) in [6, 6.07) is 11.6. The van der Waals surface area contributed by atoms with Crippen LogP contribution in [0.3, 0.4) is 0 Å². The Labute approximate surface area is 245 Å². The van der Waals surface area contributed by atoms with E-state index in [1.807, 2.05) is 25.1 Å². The van der Waals surface area contributed by atoms with Gasteiger partial charge in [0.1, 0.15) is 22.5 Å². The number of ketones is 1. The molecule has 2 aromatic carbocycles. The molecule has 6 atom stereocenters. The highest BCUT2D eigenvalue weighted by molar-refractivity contribution is 7.84. The number of nitrogens with one attached hydrogen (secondary N) is 1. The molecule has 0 saturated heterocycles. The second-order valence-corrected chi connectivity index (χ2v) is 13.9. The van der Waals surface area contributed by atoms with Crippen LogP contribution in [0, 0.1) is 17.8 Å². The molecule has 1 N–H and O–H groups in total. The number of halogens is 1. The number of hydrogen-bond acceptors (Lipinski definition) is 5. The van der Waals surface area contributed by atoms with Gasteiger partial charge in [-0.1, -0.05) is 37.9 Å². The van der Waals surface area contributed by atoms with Gasteiger partial charge in [0, 0.05) is 41.9 Å². The monoisotopic (exact) mass is 584 g/mol. The van der Waals surface area contributed by atoms with E-state index in [0.717, 1.165) is 61.5 Å². The second kappa shape index (κ2) is 12.6. The molecule has 3 aliphatic rings. The Bertz CT molecular complexity index is 1280. The van der Waals surface area contributed by atoms with Gasteiger partial charge >= 0.3 is 0 Å². The predicted molar refractivity (Wildman–Crippen MR) is 162 cm³/mol. The fourth-order valence-electron chi connectivity index (χ4n) is 6.42. The van der Waals surface area contributed by atoms with Crippen LogP contribution in [0.1, 0.15) is 86.7 Å². The Morgan fingerprint density at radius 2 is 1.90 bits per heavy atom. The van der Waals surface area contributed by atoms with E-state index in [9.17, 15) is 13.8 Å². The predicted octanol–water partition coefficient (Wildman–Crippen LogP) is 6.47. The number of anilines is 1. The van der Waals surface area contributed by atoms with Crippen LogP contribution in [0.5, 0.6) is 5.75 Å². The van der Waals surface area contributed by atoms with Gasteiger partial charge in [0.25, 0.3) is 5.91 Å². The van der Waals surface area contributed by atoms with Crippen LogP contribution in [0.15, 0.2) is 36.4 Å². The van der Waals surface area contributed by atoms with E-state index in [0.29, 0.717) is 30.9 Å². The SMILES string of the molecule is CCCc1cc(Cl)ccc1C1COc2ccc3cc2N(C1)CC1CCC1C(=O)CCC[C@H](C)C(C)S(=O)NC3=O. The summed E-state index contributed by atoms with van der Waals surface area (Å²) in [6.07, 6.45) is 6.11. The van der Waals surface area contributed by atoms with Crippen LogP contribution in [0.25, 0.3) is 0 Å². The lowest BCUT2D eigenvalue weighted by Crippen LogP contribution is -2.43. The lowest BCUT2D eigenvalue weighted by atomic mass is 9.70. The van der Waals surface area contributed by atoms with Gasteiger partial charge in [0.15, 0.2) is 0 Å². The summed E-state index contributed by atoms with van der Waals surface area (Å²) >= 11 is 6.37. The Morgan fingerprint density at radius 1 is 1.07 bits per heavy atom. The van der Waals surface area contributed by atoms with Gasteiger partial charge in [0.05, 0.1) is 17.5 Å². The first-order valence-electron chi connectivity index (χ1n) is 14.8. The lowest BCUT2D eigenvalue weighted by Gasteiger charge is -2.40. The quantitative estimate of drug-likeness (QED) is 0.447. The number of hydrogen-bond donors (Lipinski definition) is 1. The van der Waals surface area contributed by atoms with Crippen LogP contribution in [-0.2, 0) is 22.2 Å². The molecule has 2 aromatic rings. The van der Waals surface area contributed by atoms with Crippen LogP contribution < -0.4 is 14.4 Å². The molecule has 1 aliphatic carbocycles. The van der Waals surface area contributed by atoms with Gasteiger partial charge in [-0.2, -0.15) is 0 Å². The van der Waals surface area contributed by atoms with Crippen molar-refractivity contribution in [3.05, 3.63) is 58.1 Å². The topological polar surface area (TPSA) is 75.7 Å². The van der Waals surface area contributed by atoms with Gasteiger partial charge in [-0.3, -0.25) is 14.3 Å². The van der Waals surface area contributed by atoms with E-state index in [4.69, 9.17) is 16.3 Å². The molecule has 1 amide bonds. The number of carbonyl (C=O) groups is 2. The van der Waals surface area contributed by atoms with Crippen molar-refractivity contribution in [3.63, 3.8) is 0 Å². The van der Waals surface area contributed by atoms with E-state index in [1.165, 1.54) is 11.1 Å². The molecule has 2 heterocycles. The third kappa shape index (κ3) is 6.25. The van der Waals surface area contributed by atoms with Crippen molar-refractivity contribution < 1.29 is 18.5 Å². The van der Waals surface area contributed by atoms with Crippen molar-refractivity contribution in [2.45, 2.75) is 76.9 Å². The van der Waals surface area contributed by atoms with Crippen molar-refractivity contribution in [2.75, 3.05) is 24.6 Å². The molecule has 5 unspecified atom stereocenters. The fraction of sp³-hybridized carbons (Fsp3) is 0.562. The Kier molecular flexibility index (Phi) is 9.21. The summed E-state index contributed by atoms with van der Waals surface area (Å²) in [6.45, 7) is 8.10. The maximum atomic E-state index is 13.2. The Balaban J connectivity index is 1.51. The number of nitrogens with zero attached hydrogens (tertiary/aromatic N) is 1. The van der Waals surface area contributed by atoms with Crippen molar-refractivity contribution in [2.24, 2.45) is 17.8 Å². The van der Waals surface area contributed by atoms with Gasteiger partial charge in [-0.15, -0.1) is 0 Å². The van der Waals surface area contributed by atoms with Crippen molar-refractivity contribution in [1.82, 2.24) is 4.72 Å². The molecule has 2 aliphatic heterocycles. The first-order chi connectivity index (χ1) is 19.2. The van der Waals surface area contributed by atoms with Crippen LogP contribution in [0.2, 0.25) is 5.02 Å². The number of amides is 1. The summed E-state index contributed by atoms with van der Waals surface area (Å²) in [4.78, 5) is 28.8. The van der Waals surface area contributed by atoms with E-state index < -0.39 is 11.0 Å². The standard InChI is InChI=1S/C32H41ClN2O4S/c1-4-6-22-15-26(33)11-13-27(22)25-18-35-17-24-9-12-28(24)30(36)8-5-7-20(2)21(3)40(38)34-32(37)23-10-14-31(39-19-25)29(35)16-23/h10-11,13-16,20-21,24-25,28H,4-9,12,17-19H2,1-3H3,(H,34,37)/t20-,21?,24?,25?,28?,40?/m0/s1. The molecule has 0 spiro atoms. The van der Waals surface area contributed by atoms with E-state index in [1.54, 1.807) is 6.07 Å². The minimum atomic E-state index is -1.52. The second-order valence-electron chi connectivity index (χ2n) is 11.9. The van der Waals surface area contributed by atoms with Gasteiger partial charge in [0.2, 0.25) is 0 Å². The maximum absolute atomic E-state index is 13.2. The summed E-state index contributed by atoms with van der Waals surface area (Å²) in [5.41, 5.74) is 3.81. The third-order valence-corrected chi connectivity index (χ3v) is 11.0. The lowest BCUT2D eigenvalue weighted by molar-refractivity contribution is -0.127. The average Bonchev–Trinajstić information content (AvgIpc) is 3.09. The zero-order valence-electron chi connectivity index (χ0n) is 23.8. The van der Waals surface area contributed by atoms with E-state index >= 15 is 0 Å². The summed E-state index contributed by atoms with van der Waals surface area (Å²) in [7, 11) is -1.52. The van der Waals surface area contributed by atoms with Crippen LogP contribution in [0.4, 0.5) is 5.69 Å². The minimum absolute atomic E-state index is 0.0819. The van der Waals surface area contributed by atoms with Crippen LogP contribution >= 0.6 is 11.6 Å². The van der Waals surface area contributed by atoms with Crippen LogP contribution in [-0.4, -0.2) is 40.8 Å². The Morgan fingerprint density at radius 3 is 2.65 bits per heavy atom. The van der Waals surface area contributed by atoms with E-state index in [2.05, 4.69) is 35.6 Å². The number of ether oxygens (including phenoxy) is 1. The molecule has 8 heteroatoms. The maximum Gasteiger partial charge on any atom is 0.263 e. The molecule has 2 bridgehead atoms. The molecule has 6 nitrogen and oxygen atoms in total. The third-order valence-electron chi connectivity index (χ3n) is 9.21. The minimum Gasteiger partial charge on any atom is -0.491 e. The number of carbonyl (C=O) groups excluding carboxylic acids is 2. The highest BCUT2D eigenvalue weighted by Crippen LogP contribution is 2.42. The van der Waals surface area contributed by atoms with Crippen molar-refractivity contribution in [3.8, 4) is 5.75 Å². The van der Waals surface area contributed by atoms with Gasteiger partial charge in [-0.25, -0.2) is 4.21 Å². The summed E-state index contributed by atoms with van der Waals surface area (Å²) in [5.74, 6) is 1.36. The highest BCUT2D eigenvalue weighted by atomic mass is 35.5. The first-order valence-corrected chi connectivity index (χ1v) is 16.4. The van der Waals surface area contributed by atoms with Crippen molar-refractivity contribution >= 4 is 40.0 Å². The zero-order valence-corrected chi connectivity index (χ0v) is 25.4. The summed E-state index contributed by atoms with van der Waals surface area (Å²) in [5, 5.41) is 0.532. The molecular weight excluding hydrogens is 544 g/mol. The first kappa shape index (κ1) is 29.1. The van der Waals surface area contributed by atoms with Gasteiger partial charge in [-0.05, 0) is 92.3 Å². The molecule has 216 valence electrons. The smallest absolute Gasteiger partial charge is 0.263 e. The van der Waals surface area contributed by atoms with Gasteiger partial charge < -0.3 is 9.64 Å². The summed E-state index contributed by atoms with van der Waals surface area (Å²) < 4.78 is 22.1.